The van der Waals surface area contributed by atoms with E-state index in [9.17, 15) is 0 Å². The predicted molar refractivity (Wildman–Crippen MR) is 57.3 cm³/mol. The molecule has 78 valence electrons. The fourth-order valence-corrected chi connectivity index (χ4v) is 1.15. The first-order valence-corrected chi connectivity index (χ1v) is 5.05. The third-order valence-electron chi connectivity index (χ3n) is 2.04. The highest BCUT2D eigenvalue weighted by Gasteiger charge is 1.97. The molecule has 1 aromatic carbocycles. The standard InChI is InChI=1S/C12H18O2/c1-10(2)6-7-14-12-5-3-4-11(8-12)9-13/h3-5,8,10,13H,6-7,9H2,1-2H3. The lowest BCUT2D eigenvalue weighted by atomic mass is 10.1. The predicted octanol–water partition coefficient (Wildman–Crippen LogP) is 2.60. The van der Waals surface area contributed by atoms with Gasteiger partial charge >= 0.3 is 0 Å². The number of aliphatic hydroxyl groups excluding tert-OH is 1. The number of hydrogen-bond acceptors (Lipinski definition) is 2. The van der Waals surface area contributed by atoms with Gasteiger partial charge in [0.2, 0.25) is 0 Å². The van der Waals surface area contributed by atoms with Crippen LogP contribution in [0, 0.1) is 5.92 Å². The van der Waals surface area contributed by atoms with Crippen LogP contribution in [0.15, 0.2) is 24.3 Å². The summed E-state index contributed by atoms with van der Waals surface area (Å²) in [6, 6.07) is 7.57. The van der Waals surface area contributed by atoms with Crippen molar-refractivity contribution in [2.45, 2.75) is 26.9 Å². The molecule has 14 heavy (non-hydrogen) atoms. The maximum absolute atomic E-state index is 8.92. The molecule has 1 N–H and O–H groups in total. The first kappa shape index (κ1) is 11.1. The largest absolute Gasteiger partial charge is 0.494 e. The van der Waals surface area contributed by atoms with Crippen LogP contribution < -0.4 is 4.74 Å². The number of hydrogen-bond donors (Lipinski definition) is 1. The van der Waals surface area contributed by atoms with Crippen molar-refractivity contribution in [3.05, 3.63) is 29.8 Å². The van der Waals surface area contributed by atoms with Crippen LogP contribution in [0.3, 0.4) is 0 Å². The maximum Gasteiger partial charge on any atom is 0.119 e. The molecule has 0 bridgehead atoms. The molecule has 0 aliphatic heterocycles. The summed E-state index contributed by atoms with van der Waals surface area (Å²) < 4.78 is 5.55. The Hall–Kier alpha value is -1.02. The second-order valence-corrected chi connectivity index (χ2v) is 3.84. The summed E-state index contributed by atoms with van der Waals surface area (Å²) in [4.78, 5) is 0. The second kappa shape index (κ2) is 5.66. The zero-order chi connectivity index (χ0) is 10.4. The van der Waals surface area contributed by atoms with Gasteiger partial charge in [-0.3, -0.25) is 0 Å². The van der Waals surface area contributed by atoms with Crippen molar-refractivity contribution >= 4 is 0 Å². The molecule has 0 unspecified atom stereocenters. The fraction of sp³-hybridized carbons (Fsp3) is 0.500. The van der Waals surface area contributed by atoms with E-state index in [0.29, 0.717) is 5.92 Å². The van der Waals surface area contributed by atoms with Crippen LogP contribution in [0.1, 0.15) is 25.8 Å². The average molecular weight is 194 g/mol. The van der Waals surface area contributed by atoms with E-state index in [-0.39, 0.29) is 6.61 Å². The molecule has 0 atom stereocenters. The number of ether oxygens (including phenoxy) is 1. The van der Waals surface area contributed by atoms with Gasteiger partial charge in [-0.2, -0.15) is 0 Å². The van der Waals surface area contributed by atoms with E-state index in [1.54, 1.807) is 0 Å². The molecule has 0 saturated carbocycles. The zero-order valence-corrected chi connectivity index (χ0v) is 8.86. The zero-order valence-electron chi connectivity index (χ0n) is 8.86. The summed E-state index contributed by atoms with van der Waals surface area (Å²) >= 11 is 0. The average Bonchev–Trinajstić information content (AvgIpc) is 2.18. The Morgan fingerprint density at radius 3 is 2.79 bits per heavy atom. The van der Waals surface area contributed by atoms with Crippen molar-refractivity contribution in [2.24, 2.45) is 5.92 Å². The molecule has 0 heterocycles. The quantitative estimate of drug-likeness (QED) is 0.780. The summed E-state index contributed by atoms with van der Waals surface area (Å²) in [6.07, 6.45) is 1.06. The van der Waals surface area contributed by atoms with Crippen LogP contribution in [-0.2, 0) is 6.61 Å². The van der Waals surface area contributed by atoms with Crippen molar-refractivity contribution in [3.63, 3.8) is 0 Å². The van der Waals surface area contributed by atoms with Crippen LogP contribution in [0.5, 0.6) is 5.75 Å². The monoisotopic (exact) mass is 194 g/mol. The molecular weight excluding hydrogens is 176 g/mol. The Kier molecular flexibility index (Phi) is 4.47. The summed E-state index contributed by atoms with van der Waals surface area (Å²) in [5.41, 5.74) is 0.895. The smallest absolute Gasteiger partial charge is 0.119 e. The van der Waals surface area contributed by atoms with Gasteiger partial charge in [0.25, 0.3) is 0 Å². The van der Waals surface area contributed by atoms with Crippen molar-refractivity contribution < 1.29 is 9.84 Å². The van der Waals surface area contributed by atoms with E-state index in [1.807, 2.05) is 24.3 Å². The van der Waals surface area contributed by atoms with Gasteiger partial charge in [-0.05, 0) is 30.0 Å². The molecule has 1 rings (SSSR count). The van der Waals surface area contributed by atoms with Crippen molar-refractivity contribution in [2.75, 3.05) is 6.61 Å². The Morgan fingerprint density at radius 2 is 2.14 bits per heavy atom. The third-order valence-corrected chi connectivity index (χ3v) is 2.04. The maximum atomic E-state index is 8.92. The number of rotatable bonds is 5. The molecular formula is C12H18O2. The molecule has 0 spiro atoms. The van der Waals surface area contributed by atoms with Gasteiger partial charge in [-0.25, -0.2) is 0 Å². The summed E-state index contributed by atoms with van der Waals surface area (Å²) in [5.74, 6) is 1.51. The lowest BCUT2D eigenvalue weighted by molar-refractivity contribution is 0.275. The summed E-state index contributed by atoms with van der Waals surface area (Å²) in [5, 5.41) is 8.92. The fourth-order valence-electron chi connectivity index (χ4n) is 1.15. The Bertz CT molecular complexity index is 269. The minimum absolute atomic E-state index is 0.0708. The van der Waals surface area contributed by atoms with E-state index < -0.39 is 0 Å². The Morgan fingerprint density at radius 1 is 1.36 bits per heavy atom. The van der Waals surface area contributed by atoms with E-state index >= 15 is 0 Å². The highest BCUT2D eigenvalue weighted by Crippen LogP contribution is 2.14. The normalized spacial score (nSPS) is 10.6. The van der Waals surface area contributed by atoms with Gasteiger partial charge in [-0.1, -0.05) is 26.0 Å². The number of benzene rings is 1. The van der Waals surface area contributed by atoms with E-state index in [2.05, 4.69) is 13.8 Å². The van der Waals surface area contributed by atoms with E-state index in [4.69, 9.17) is 9.84 Å². The highest BCUT2D eigenvalue weighted by atomic mass is 16.5. The van der Waals surface area contributed by atoms with Crippen molar-refractivity contribution in [3.8, 4) is 5.75 Å². The van der Waals surface area contributed by atoms with Gasteiger partial charge < -0.3 is 9.84 Å². The molecule has 2 nitrogen and oxygen atoms in total. The lowest BCUT2D eigenvalue weighted by Gasteiger charge is -2.08. The molecule has 0 fully saturated rings. The Labute approximate surface area is 85.5 Å². The lowest BCUT2D eigenvalue weighted by Crippen LogP contribution is -2.01. The molecule has 1 aromatic rings. The van der Waals surface area contributed by atoms with Gasteiger partial charge in [0, 0.05) is 0 Å². The van der Waals surface area contributed by atoms with Gasteiger partial charge in [0.05, 0.1) is 13.2 Å². The van der Waals surface area contributed by atoms with E-state index in [0.717, 1.165) is 24.3 Å². The minimum Gasteiger partial charge on any atom is -0.494 e. The molecule has 0 aliphatic carbocycles. The first-order valence-electron chi connectivity index (χ1n) is 5.05. The molecule has 2 heteroatoms. The van der Waals surface area contributed by atoms with Gasteiger partial charge in [0.15, 0.2) is 0 Å². The van der Waals surface area contributed by atoms with Crippen LogP contribution in [0.2, 0.25) is 0 Å². The van der Waals surface area contributed by atoms with Crippen molar-refractivity contribution in [1.82, 2.24) is 0 Å². The van der Waals surface area contributed by atoms with Crippen molar-refractivity contribution in [1.29, 1.82) is 0 Å². The van der Waals surface area contributed by atoms with Crippen LogP contribution >= 0.6 is 0 Å². The minimum atomic E-state index is 0.0708. The van der Waals surface area contributed by atoms with Crippen LogP contribution in [-0.4, -0.2) is 11.7 Å². The Balaban J connectivity index is 2.42. The third kappa shape index (κ3) is 3.79. The molecule has 0 amide bonds. The topological polar surface area (TPSA) is 29.5 Å². The molecule has 0 saturated heterocycles. The summed E-state index contributed by atoms with van der Waals surface area (Å²) in [6.45, 7) is 5.16. The van der Waals surface area contributed by atoms with E-state index in [1.165, 1.54) is 0 Å². The highest BCUT2D eigenvalue weighted by molar-refractivity contribution is 5.27. The second-order valence-electron chi connectivity index (χ2n) is 3.84. The summed E-state index contributed by atoms with van der Waals surface area (Å²) in [7, 11) is 0. The van der Waals surface area contributed by atoms with Gasteiger partial charge in [-0.15, -0.1) is 0 Å². The molecule has 0 radical (unpaired) electrons. The first-order chi connectivity index (χ1) is 6.72. The molecule has 0 aliphatic rings. The van der Waals surface area contributed by atoms with Crippen LogP contribution in [0.25, 0.3) is 0 Å². The number of aliphatic hydroxyl groups is 1. The SMILES string of the molecule is CC(C)CCOc1cccc(CO)c1. The molecule has 0 aromatic heterocycles. The van der Waals surface area contributed by atoms with Crippen LogP contribution in [0.4, 0.5) is 0 Å². The van der Waals surface area contributed by atoms with Gasteiger partial charge in [0.1, 0.15) is 5.75 Å².